The average molecular weight is 558 g/mol. The molecule has 210 valence electrons. The molecule has 10 nitrogen and oxygen atoms in total. The number of carbonyl (C=O) groups is 3. The number of imide groups is 1. The van der Waals surface area contributed by atoms with Crippen LogP contribution in [-0.4, -0.2) is 45.7 Å². The Labute approximate surface area is 226 Å². The number of anilines is 1. The molecule has 0 spiro atoms. The summed E-state index contributed by atoms with van der Waals surface area (Å²) in [6.45, 7) is 4.27. The van der Waals surface area contributed by atoms with E-state index in [4.69, 9.17) is 4.42 Å². The van der Waals surface area contributed by atoms with Gasteiger partial charge in [-0.1, -0.05) is 11.2 Å². The lowest BCUT2D eigenvalue weighted by Crippen LogP contribution is -2.34. The van der Waals surface area contributed by atoms with Crippen molar-refractivity contribution in [2.75, 3.05) is 5.32 Å². The van der Waals surface area contributed by atoms with Gasteiger partial charge in [0, 0.05) is 30.1 Å². The zero-order valence-electron chi connectivity index (χ0n) is 21.7. The Morgan fingerprint density at radius 1 is 1.23 bits per heavy atom. The molecule has 1 saturated carbocycles. The number of nitrogens with one attached hydrogen (secondary N) is 2. The summed E-state index contributed by atoms with van der Waals surface area (Å²) in [6.07, 6.45) is -2.34. The molecule has 13 heteroatoms. The van der Waals surface area contributed by atoms with Gasteiger partial charge in [0.2, 0.25) is 18.2 Å². The molecule has 3 aromatic rings. The second kappa shape index (κ2) is 10.3. The number of benzene rings is 2. The fourth-order valence-electron chi connectivity index (χ4n) is 4.89. The first-order valence-corrected chi connectivity index (χ1v) is 12.6. The van der Waals surface area contributed by atoms with Gasteiger partial charge in [-0.15, -0.1) is 18.3 Å². The van der Waals surface area contributed by atoms with E-state index < -0.39 is 11.9 Å². The molecule has 0 radical (unpaired) electrons. The van der Waals surface area contributed by atoms with Crippen LogP contribution in [0.4, 0.5) is 19.2 Å². The number of hydrogen-bond donors (Lipinski definition) is 2. The molecular weight excluding hydrogens is 531 g/mol. The first-order chi connectivity index (χ1) is 19.0. The Bertz CT molecular complexity index is 1450. The minimum atomic E-state index is -4.78. The average Bonchev–Trinajstić information content (AvgIpc) is 3.39. The van der Waals surface area contributed by atoms with Crippen LogP contribution < -0.4 is 15.4 Å². The van der Waals surface area contributed by atoms with Gasteiger partial charge in [0.15, 0.2) is 0 Å². The number of halogens is 3. The van der Waals surface area contributed by atoms with Crippen LogP contribution >= 0.6 is 0 Å². The Balaban J connectivity index is 1.28. The second-order valence-corrected chi connectivity index (χ2v) is 10.0. The summed E-state index contributed by atoms with van der Waals surface area (Å²) < 4.78 is 46.9. The van der Waals surface area contributed by atoms with Crippen molar-refractivity contribution in [3.63, 3.8) is 0 Å². The van der Waals surface area contributed by atoms with Crippen molar-refractivity contribution in [3.05, 3.63) is 58.7 Å². The fourth-order valence-corrected chi connectivity index (χ4v) is 4.89. The van der Waals surface area contributed by atoms with Crippen molar-refractivity contribution in [2.24, 2.45) is 0 Å². The first kappa shape index (κ1) is 27.2. The Morgan fingerprint density at radius 2 is 1.95 bits per heavy atom. The smallest absolute Gasteiger partial charge is 0.406 e. The van der Waals surface area contributed by atoms with Crippen molar-refractivity contribution in [1.29, 1.82) is 0 Å². The third kappa shape index (κ3) is 5.63. The molecule has 1 fully saturated rings. The predicted octanol–water partition coefficient (Wildman–Crippen LogP) is 4.44. The van der Waals surface area contributed by atoms with Gasteiger partial charge >= 0.3 is 12.4 Å². The maximum Gasteiger partial charge on any atom is 0.573 e. The number of fused-ring (bicyclic) bond motifs is 1. The lowest BCUT2D eigenvalue weighted by Gasteiger charge is -2.24. The monoisotopic (exact) mass is 557 g/mol. The van der Waals surface area contributed by atoms with Gasteiger partial charge in [-0.3, -0.25) is 19.7 Å². The molecule has 1 unspecified atom stereocenters. The molecule has 0 bridgehead atoms. The maximum absolute atomic E-state index is 13.3. The number of amides is 3. The molecule has 1 atom stereocenters. The van der Waals surface area contributed by atoms with E-state index in [1.165, 1.54) is 12.1 Å². The van der Waals surface area contributed by atoms with Gasteiger partial charge in [-0.05, 0) is 80.1 Å². The van der Waals surface area contributed by atoms with Crippen LogP contribution in [-0.2, 0) is 21.7 Å². The van der Waals surface area contributed by atoms with Gasteiger partial charge in [0.25, 0.3) is 5.91 Å². The number of aryl methyl sites for hydroxylation is 1. The number of rotatable bonds is 10. The van der Waals surface area contributed by atoms with Crippen LogP contribution in [0.3, 0.4) is 0 Å². The molecule has 2 aliphatic rings. The molecule has 2 aromatic carbocycles. The van der Waals surface area contributed by atoms with Crippen LogP contribution in [0.5, 0.6) is 5.75 Å². The quantitative estimate of drug-likeness (QED) is 0.351. The van der Waals surface area contributed by atoms with Gasteiger partial charge in [0.1, 0.15) is 5.75 Å². The number of alkyl halides is 3. The zero-order valence-corrected chi connectivity index (χ0v) is 21.7. The van der Waals surface area contributed by atoms with Gasteiger partial charge < -0.3 is 19.4 Å². The molecule has 3 amide bonds. The molecule has 1 aromatic heterocycles. The topological polar surface area (TPSA) is 127 Å². The summed E-state index contributed by atoms with van der Waals surface area (Å²) in [5, 5.41) is 13.4. The van der Waals surface area contributed by atoms with E-state index in [-0.39, 0.29) is 41.9 Å². The number of hydrogen-bond acceptors (Lipinski definition) is 8. The summed E-state index contributed by atoms with van der Waals surface area (Å²) in [5.74, 6) is -0.729. The van der Waals surface area contributed by atoms with Crippen molar-refractivity contribution in [2.45, 2.75) is 64.0 Å². The zero-order chi connectivity index (χ0) is 28.7. The van der Waals surface area contributed by atoms with E-state index in [0.717, 1.165) is 41.7 Å². The highest BCUT2D eigenvalue weighted by Gasteiger charge is 2.47. The number of aromatic nitrogens is 2. The SMILES string of the molecule is Cc1cc(C2(Nc3nnc(-c4ccc(OC(F)(F)F)cc4)o3)CC2)cc2c1CN(C(C)CCC(=O)NC=O)C2=O. The normalized spacial score (nSPS) is 16.3. The number of nitrogens with zero attached hydrogens (tertiary/aromatic N) is 3. The van der Waals surface area contributed by atoms with Crippen LogP contribution in [0.25, 0.3) is 11.5 Å². The minimum absolute atomic E-state index is 0.114. The molecule has 40 heavy (non-hydrogen) atoms. The van der Waals surface area contributed by atoms with E-state index in [0.29, 0.717) is 30.5 Å². The van der Waals surface area contributed by atoms with Crippen molar-refractivity contribution < 1.29 is 36.7 Å². The molecule has 0 saturated heterocycles. The summed E-state index contributed by atoms with van der Waals surface area (Å²) >= 11 is 0. The van der Waals surface area contributed by atoms with Crippen LogP contribution in [0.2, 0.25) is 0 Å². The van der Waals surface area contributed by atoms with Crippen LogP contribution in [0.1, 0.15) is 59.7 Å². The van der Waals surface area contributed by atoms with Crippen LogP contribution in [0, 0.1) is 6.92 Å². The van der Waals surface area contributed by atoms with Gasteiger partial charge in [0.05, 0.1) is 5.54 Å². The van der Waals surface area contributed by atoms with Crippen molar-refractivity contribution in [3.8, 4) is 17.2 Å². The lowest BCUT2D eigenvalue weighted by atomic mass is 9.95. The van der Waals surface area contributed by atoms with Crippen LogP contribution in [0.15, 0.2) is 40.8 Å². The molecule has 1 aliphatic carbocycles. The fraction of sp³-hybridized carbons (Fsp3) is 0.370. The molecular formula is C27H26F3N5O5. The van der Waals surface area contributed by atoms with E-state index in [2.05, 4.69) is 25.6 Å². The van der Waals surface area contributed by atoms with Gasteiger partial charge in [-0.25, -0.2) is 0 Å². The number of ether oxygens (including phenoxy) is 1. The Morgan fingerprint density at radius 3 is 2.60 bits per heavy atom. The van der Waals surface area contributed by atoms with Crippen molar-refractivity contribution >= 4 is 24.2 Å². The Kier molecular flexibility index (Phi) is 6.98. The highest BCUT2D eigenvalue weighted by molar-refractivity contribution is 5.99. The van der Waals surface area contributed by atoms with E-state index in [1.807, 2.05) is 26.0 Å². The van der Waals surface area contributed by atoms with Crippen molar-refractivity contribution in [1.82, 2.24) is 20.4 Å². The van der Waals surface area contributed by atoms with Gasteiger partial charge in [-0.2, -0.15) is 0 Å². The number of carbonyl (C=O) groups excluding carboxylic acids is 3. The third-order valence-electron chi connectivity index (χ3n) is 7.24. The largest absolute Gasteiger partial charge is 0.573 e. The molecule has 5 rings (SSSR count). The third-order valence-corrected chi connectivity index (χ3v) is 7.24. The lowest BCUT2D eigenvalue weighted by molar-refractivity contribution is -0.274. The predicted molar refractivity (Wildman–Crippen MR) is 135 cm³/mol. The highest BCUT2D eigenvalue weighted by atomic mass is 19.4. The van der Waals surface area contributed by atoms with E-state index in [1.54, 1.807) is 4.90 Å². The Hall–Kier alpha value is -4.42. The highest BCUT2D eigenvalue weighted by Crippen LogP contribution is 2.49. The first-order valence-electron chi connectivity index (χ1n) is 12.6. The minimum Gasteiger partial charge on any atom is -0.406 e. The molecule has 1 aliphatic heterocycles. The summed E-state index contributed by atoms with van der Waals surface area (Å²) in [6, 6.07) is 8.98. The summed E-state index contributed by atoms with van der Waals surface area (Å²) in [4.78, 5) is 37.2. The second-order valence-electron chi connectivity index (χ2n) is 10.0. The summed E-state index contributed by atoms with van der Waals surface area (Å²) in [5.41, 5.74) is 3.35. The molecule has 2 heterocycles. The molecule has 2 N–H and O–H groups in total. The standard InChI is InChI=1S/C27H26F3N5O5/c1-15-11-18(12-20-21(15)13-35(24(20)38)16(2)3-8-22(37)31-14-36)26(9-10-26)32-25-34-33-23(39-25)17-4-6-19(7-5-17)40-27(28,29)30/h4-7,11-12,14,16H,3,8-10,13H2,1-2H3,(H,32,34)(H,31,36,37). The summed E-state index contributed by atoms with van der Waals surface area (Å²) in [7, 11) is 0. The maximum atomic E-state index is 13.3. The van der Waals surface area contributed by atoms with E-state index >= 15 is 0 Å². The van der Waals surface area contributed by atoms with E-state index in [9.17, 15) is 27.6 Å².